The molecule has 2 fully saturated rings. The molecule has 17 heavy (non-hydrogen) atoms. The van der Waals surface area contributed by atoms with E-state index in [1.54, 1.807) is 0 Å². The Labute approximate surface area is 105 Å². The van der Waals surface area contributed by atoms with E-state index in [9.17, 15) is 5.11 Å². The molecule has 3 nitrogen and oxygen atoms in total. The molecule has 1 saturated carbocycles. The summed E-state index contributed by atoms with van der Waals surface area (Å²) in [6.45, 7) is 4.78. The minimum atomic E-state index is -0.316. The van der Waals surface area contributed by atoms with Crippen molar-refractivity contribution in [3.63, 3.8) is 0 Å². The van der Waals surface area contributed by atoms with Gasteiger partial charge in [-0.2, -0.15) is 0 Å². The summed E-state index contributed by atoms with van der Waals surface area (Å²) in [5.41, 5.74) is 5.96. The summed E-state index contributed by atoms with van der Waals surface area (Å²) >= 11 is 0. The topological polar surface area (TPSA) is 49.5 Å². The van der Waals surface area contributed by atoms with E-state index in [1.165, 1.54) is 32.1 Å². The van der Waals surface area contributed by atoms with Gasteiger partial charge in [0.25, 0.3) is 0 Å². The van der Waals surface area contributed by atoms with Crippen molar-refractivity contribution in [2.24, 2.45) is 5.73 Å². The highest BCUT2D eigenvalue weighted by Gasteiger charge is 2.40. The Morgan fingerprint density at radius 2 is 2.12 bits per heavy atom. The fourth-order valence-corrected chi connectivity index (χ4v) is 3.93. The first-order chi connectivity index (χ1) is 8.09. The number of nitrogens with zero attached hydrogens (tertiary/aromatic N) is 1. The maximum Gasteiger partial charge on any atom is 0.0611 e. The van der Waals surface area contributed by atoms with E-state index < -0.39 is 0 Å². The van der Waals surface area contributed by atoms with E-state index in [4.69, 9.17) is 5.73 Å². The van der Waals surface area contributed by atoms with E-state index >= 15 is 0 Å². The lowest BCUT2D eigenvalue weighted by atomic mass is 9.79. The van der Waals surface area contributed by atoms with Crippen molar-refractivity contribution >= 4 is 0 Å². The van der Waals surface area contributed by atoms with Crippen molar-refractivity contribution in [3.8, 4) is 0 Å². The summed E-state index contributed by atoms with van der Waals surface area (Å²) in [7, 11) is 0. The van der Waals surface area contributed by atoms with Gasteiger partial charge < -0.3 is 10.8 Å². The van der Waals surface area contributed by atoms with Crippen LogP contribution in [0.2, 0.25) is 0 Å². The zero-order valence-corrected chi connectivity index (χ0v) is 11.4. The molecule has 0 aromatic carbocycles. The van der Waals surface area contributed by atoms with Crippen molar-refractivity contribution in [2.45, 2.75) is 82.5 Å². The van der Waals surface area contributed by atoms with Crippen LogP contribution in [0.3, 0.4) is 0 Å². The Kier molecular flexibility index (Phi) is 4.11. The van der Waals surface area contributed by atoms with Crippen LogP contribution in [0.5, 0.6) is 0 Å². The average molecular weight is 240 g/mol. The molecule has 1 saturated heterocycles. The van der Waals surface area contributed by atoms with Crippen molar-refractivity contribution < 1.29 is 5.11 Å². The normalized spacial score (nSPS) is 44.1. The highest BCUT2D eigenvalue weighted by molar-refractivity contribution is 4.98. The molecule has 2 rings (SSSR count). The minimum absolute atomic E-state index is 0.141. The van der Waals surface area contributed by atoms with Gasteiger partial charge in [-0.1, -0.05) is 6.92 Å². The monoisotopic (exact) mass is 240 g/mol. The molecule has 4 atom stereocenters. The van der Waals surface area contributed by atoms with Gasteiger partial charge in [-0.25, -0.2) is 0 Å². The summed E-state index contributed by atoms with van der Waals surface area (Å²) < 4.78 is 0. The Morgan fingerprint density at radius 1 is 1.35 bits per heavy atom. The molecule has 1 aliphatic heterocycles. The molecular formula is C14H28N2O. The van der Waals surface area contributed by atoms with Gasteiger partial charge in [0.1, 0.15) is 0 Å². The zero-order valence-electron chi connectivity index (χ0n) is 11.4. The van der Waals surface area contributed by atoms with Crippen LogP contribution in [0.15, 0.2) is 0 Å². The first kappa shape index (κ1) is 13.3. The van der Waals surface area contributed by atoms with E-state index in [2.05, 4.69) is 18.7 Å². The largest absolute Gasteiger partial charge is 0.394 e. The molecule has 0 amide bonds. The minimum Gasteiger partial charge on any atom is -0.394 e. The number of hydrogen-bond acceptors (Lipinski definition) is 3. The SMILES string of the molecule is CCC1CCC(C)N1C1CCCC(N)(CO)C1. The van der Waals surface area contributed by atoms with E-state index in [0.717, 1.165) is 18.9 Å². The van der Waals surface area contributed by atoms with Crippen LogP contribution >= 0.6 is 0 Å². The standard InChI is InChI=1S/C14H28N2O/c1-3-12-7-6-11(2)16(12)13-5-4-8-14(15,9-13)10-17/h11-13,17H,3-10,15H2,1-2H3. The molecule has 3 heteroatoms. The Morgan fingerprint density at radius 3 is 2.76 bits per heavy atom. The first-order valence-corrected chi connectivity index (χ1v) is 7.27. The van der Waals surface area contributed by atoms with Crippen molar-refractivity contribution in [3.05, 3.63) is 0 Å². The fraction of sp³-hybridized carbons (Fsp3) is 1.00. The van der Waals surface area contributed by atoms with Crippen molar-refractivity contribution in [1.29, 1.82) is 0 Å². The number of aliphatic hydroxyl groups excluding tert-OH is 1. The summed E-state index contributed by atoms with van der Waals surface area (Å²) in [4.78, 5) is 2.70. The van der Waals surface area contributed by atoms with Crippen LogP contribution in [-0.2, 0) is 0 Å². The second-order valence-corrected chi connectivity index (χ2v) is 6.21. The number of aliphatic hydroxyl groups is 1. The summed E-state index contributed by atoms with van der Waals surface area (Å²) in [6.07, 6.45) is 8.30. The third-order valence-corrected chi connectivity index (χ3v) is 4.91. The zero-order chi connectivity index (χ0) is 12.5. The van der Waals surface area contributed by atoms with Crippen molar-refractivity contribution in [1.82, 2.24) is 4.90 Å². The quantitative estimate of drug-likeness (QED) is 0.792. The number of likely N-dealkylation sites (tertiary alicyclic amines) is 1. The van der Waals surface area contributed by atoms with Crippen LogP contribution in [0, 0.1) is 0 Å². The molecular weight excluding hydrogens is 212 g/mol. The van der Waals surface area contributed by atoms with Gasteiger partial charge in [0.15, 0.2) is 0 Å². The Bertz CT molecular complexity index is 259. The predicted octanol–water partition coefficient (Wildman–Crippen LogP) is 1.88. The number of nitrogens with two attached hydrogens (primary N) is 1. The molecule has 0 radical (unpaired) electrons. The maximum absolute atomic E-state index is 9.46. The average Bonchev–Trinajstić information content (AvgIpc) is 2.70. The van der Waals surface area contributed by atoms with Gasteiger partial charge in [-0.05, 0) is 51.9 Å². The number of rotatable bonds is 3. The van der Waals surface area contributed by atoms with Gasteiger partial charge in [0, 0.05) is 23.7 Å². The Hall–Kier alpha value is -0.120. The smallest absolute Gasteiger partial charge is 0.0611 e. The van der Waals surface area contributed by atoms with Crippen LogP contribution in [0.25, 0.3) is 0 Å². The second kappa shape index (κ2) is 5.25. The maximum atomic E-state index is 9.46. The van der Waals surface area contributed by atoms with E-state index in [0.29, 0.717) is 12.1 Å². The second-order valence-electron chi connectivity index (χ2n) is 6.21. The molecule has 0 aromatic heterocycles. The van der Waals surface area contributed by atoms with Gasteiger partial charge in [-0.15, -0.1) is 0 Å². The van der Waals surface area contributed by atoms with E-state index in [-0.39, 0.29) is 12.1 Å². The van der Waals surface area contributed by atoms with Crippen LogP contribution in [0.1, 0.15) is 58.8 Å². The third kappa shape index (κ3) is 2.67. The fourth-order valence-electron chi connectivity index (χ4n) is 3.93. The lowest BCUT2D eigenvalue weighted by molar-refractivity contribution is 0.0537. The molecule has 0 bridgehead atoms. The van der Waals surface area contributed by atoms with Gasteiger partial charge in [-0.3, -0.25) is 4.90 Å². The molecule has 2 aliphatic rings. The molecule has 100 valence electrons. The summed E-state index contributed by atoms with van der Waals surface area (Å²) in [5, 5.41) is 9.46. The lowest BCUT2D eigenvalue weighted by Crippen LogP contribution is -2.55. The van der Waals surface area contributed by atoms with Crippen molar-refractivity contribution in [2.75, 3.05) is 6.61 Å². The molecule has 1 heterocycles. The summed E-state index contributed by atoms with van der Waals surface area (Å²) in [5.74, 6) is 0. The molecule has 3 N–H and O–H groups in total. The van der Waals surface area contributed by atoms with Crippen LogP contribution < -0.4 is 5.73 Å². The van der Waals surface area contributed by atoms with Gasteiger partial charge >= 0.3 is 0 Å². The number of hydrogen-bond donors (Lipinski definition) is 2. The van der Waals surface area contributed by atoms with Crippen LogP contribution in [-0.4, -0.2) is 40.3 Å². The highest BCUT2D eigenvalue weighted by Crippen LogP contribution is 2.36. The van der Waals surface area contributed by atoms with Crippen LogP contribution in [0.4, 0.5) is 0 Å². The predicted molar refractivity (Wildman–Crippen MR) is 70.9 cm³/mol. The summed E-state index contributed by atoms with van der Waals surface area (Å²) in [6, 6.07) is 2.05. The van der Waals surface area contributed by atoms with Gasteiger partial charge in [0.2, 0.25) is 0 Å². The molecule has 1 aliphatic carbocycles. The third-order valence-electron chi connectivity index (χ3n) is 4.91. The molecule has 0 spiro atoms. The lowest BCUT2D eigenvalue weighted by Gasteiger charge is -2.44. The molecule has 4 unspecified atom stereocenters. The van der Waals surface area contributed by atoms with E-state index in [1.807, 2.05) is 0 Å². The Balaban J connectivity index is 2.05. The highest BCUT2D eigenvalue weighted by atomic mass is 16.3. The van der Waals surface area contributed by atoms with Gasteiger partial charge in [0.05, 0.1) is 6.61 Å². The molecule has 0 aromatic rings. The first-order valence-electron chi connectivity index (χ1n) is 7.27.